The van der Waals surface area contributed by atoms with Gasteiger partial charge in [0.05, 0.1) is 0 Å². The summed E-state index contributed by atoms with van der Waals surface area (Å²) in [5.74, 6) is 1.69. The summed E-state index contributed by atoms with van der Waals surface area (Å²) in [7, 11) is 4.08. The number of guanidine groups is 1. The molecule has 1 aliphatic heterocycles. The second kappa shape index (κ2) is 9.81. The van der Waals surface area contributed by atoms with Gasteiger partial charge >= 0.3 is 0 Å². The summed E-state index contributed by atoms with van der Waals surface area (Å²) >= 11 is 0. The number of hydrogen-bond donors (Lipinski definition) is 2. The molecule has 1 aliphatic rings. The molecule has 4 heteroatoms. The highest BCUT2D eigenvalue weighted by Gasteiger charge is 2.28. The summed E-state index contributed by atoms with van der Waals surface area (Å²) in [6, 6.07) is 10.9. The van der Waals surface area contributed by atoms with Crippen molar-refractivity contribution in [2.24, 2.45) is 10.9 Å². The van der Waals surface area contributed by atoms with Crippen molar-refractivity contribution < 1.29 is 0 Å². The number of hydrogen-bond acceptors (Lipinski definition) is 2. The lowest BCUT2D eigenvalue weighted by molar-refractivity contribution is 0.220. The maximum absolute atomic E-state index is 4.44. The van der Waals surface area contributed by atoms with E-state index < -0.39 is 0 Å². The Morgan fingerprint density at radius 2 is 1.76 bits per heavy atom. The van der Waals surface area contributed by atoms with Gasteiger partial charge in [-0.1, -0.05) is 44.2 Å². The Balaban J connectivity index is 1.89. The first-order valence-electron chi connectivity index (χ1n) is 9.82. The Morgan fingerprint density at radius 3 is 2.32 bits per heavy atom. The predicted molar refractivity (Wildman–Crippen MR) is 108 cm³/mol. The molecule has 0 radical (unpaired) electrons. The highest BCUT2D eigenvalue weighted by Crippen LogP contribution is 2.30. The average Bonchev–Trinajstić information content (AvgIpc) is 2.67. The highest BCUT2D eigenvalue weighted by molar-refractivity contribution is 5.79. The van der Waals surface area contributed by atoms with Gasteiger partial charge in [-0.3, -0.25) is 4.99 Å². The van der Waals surface area contributed by atoms with Gasteiger partial charge in [0.25, 0.3) is 0 Å². The molecule has 140 valence electrons. The number of benzene rings is 1. The van der Waals surface area contributed by atoms with Gasteiger partial charge in [-0.2, -0.15) is 0 Å². The lowest BCUT2D eigenvalue weighted by atomic mass is 9.76. The lowest BCUT2D eigenvalue weighted by Crippen LogP contribution is -2.47. The Morgan fingerprint density at radius 1 is 1.12 bits per heavy atom. The fourth-order valence-electron chi connectivity index (χ4n) is 3.78. The van der Waals surface area contributed by atoms with E-state index in [4.69, 9.17) is 0 Å². The quantitative estimate of drug-likeness (QED) is 0.589. The molecule has 0 aromatic heterocycles. The third-order valence-electron chi connectivity index (χ3n) is 5.95. The van der Waals surface area contributed by atoms with E-state index in [9.17, 15) is 0 Å². The van der Waals surface area contributed by atoms with E-state index in [2.05, 4.69) is 71.8 Å². The standard InChI is InChI=1S/C21H36N4/c1-5-21(6-2,19-10-8-7-9-11-19)17-24-20(22-3)23-16-18-12-14-25(4)15-13-18/h7-11,18H,5-6,12-17H2,1-4H3,(H2,22,23,24). The summed E-state index contributed by atoms with van der Waals surface area (Å²) in [6.45, 7) is 8.92. The third-order valence-corrected chi connectivity index (χ3v) is 5.95. The van der Waals surface area contributed by atoms with Crippen LogP contribution in [-0.2, 0) is 5.41 Å². The van der Waals surface area contributed by atoms with Crippen LogP contribution in [0, 0.1) is 5.92 Å². The van der Waals surface area contributed by atoms with E-state index in [1.807, 2.05) is 7.05 Å². The van der Waals surface area contributed by atoms with Crippen LogP contribution in [-0.4, -0.2) is 51.1 Å². The van der Waals surface area contributed by atoms with Crippen LogP contribution in [0.3, 0.4) is 0 Å². The summed E-state index contributed by atoms with van der Waals surface area (Å²) in [5.41, 5.74) is 1.57. The second-order valence-electron chi connectivity index (χ2n) is 7.41. The molecule has 2 rings (SSSR count). The van der Waals surface area contributed by atoms with E-state index in [1.54, 1.807) is 0 Å². The van der Waals surface area contributed by atoms with Crippen molar-refractivity contribution in [2.75, 3.05) is 40.3 Å². The summed E-state index contributed by atoms with van der Waals surface area (Å²) in [4.78, 5) is 6.85. The predicted octanol–water partition coefficient (Wildman–Crippen LogP) is 3.25. The number of piperidine rings is 1. The minimum absolute atomic E-state index is 0.159. The molecule has 0 bridgehead atoms. The first kappa shape index (κ1) is 19.8. The van der Waals surface area contributed by atoms with Crippen LogP contribution in [0.15, 0.2) is 35.3 Å². The molecule has 1 saturated heterocycles. The normalized spacial score (nSPS) is 17.5. The van der Waals surface area contributed by atoms with Gasteiger partial charge in [0.2, 0.25) is 0 Å². The van der Waals surface area contributed by atoms with Crippen molar-refractivity contribution in [1.82, 2.24) is 15.5 Å². The number of likely N-dealkylation sites (tertiary alicyclic amines) is 1. The molecule has 0 unspecified atom stereocenters. The maximum Gasteiger partial charge on any atom is 0.191 e. The van der Waals surface area contributed by atoms with Crippen LogP contribution in [0.25, 0.3) is 0 Å². The molecule has 25 heavy (non-hydrogen) atoms. The Labute approximate surface area is 154 Å². The molecule has 0 amide bonds. The molecule has 1 aromatic rings. The Hall–Kier alpha value is -1.55. The van der Waals surface area contributed by atoms with E-state index >= 15 is 0 Å². The van der Waals surface area contributed by atoms with Crippen LogP contribution in [0.2, 0.25) is 0 Å². The van der Waals surface area contributed by atoms with Gasteiger partial charge < -0.3 is 15.5 Å². The van der Waals surface area contributed by atoms with Crippen molar-refractivity contribution in [2.45, 2.75) is 44.9 Å². The molecule has 4 nitrogen and oxygen atoms in total. The number of nitrogens with one attached hydrogen (secondary N) is 2. The third kappa shape index (κ3) is 5.46. The van der Waals surface area contributed by atoms with Gasteiger partial charge in [-0.15, -0.1) is 0 Å². The Kier molecular flexibility index (Phi) is 7.76. The molecule has 1 fully saturated rings. The molecule has 0 saturated carbocycles. The minimum Gasteiger partial charge on any atom is -0.356 e. The summed E-state index contributed by atoms with van der Waals surface area (Å²) in [5, 5.41) is 7.13. The highest BCUT2D eigenvalue weighted by atomic mass is 15.2. The average molecular weight is 345 g/mol. The molecular weight excluding hydrogens is 308 g/mol. The topological polar surface area (TPSA) is 39.7 Å². The van der Waals surface area contributed by atoms with Crippen LogP contribution in [0.4, 0.5) is 0 Å². The van der Waals surface area contributed by atoms with Crippen molar-refractivity contribution in [3.8, 4) is 0 Å². The Bertz CT molecular complexity index is 514. The summed E-state index contributed by atoms with van der Waals surface area (Å²) in [6.07, 6.45) is 4.79. The molecule has 0 aliphatic carbocycles. The van der Waals surface area contributed by atoms with E-state index in [0.29, 0.717) is 0 Å². The van der Waals surface area contributed by atoms with Crippen molar-refractivity contribution >= 4 is 5.96 Å². The van der Waals surface area contributed by atoms with Crippen molar-refractivity contribution in [1.29, 1.82) is 0 Å². The van der Waals surface area contributed by atoms with Crippen molar-refractivity contribution in [3.05, 3.63) is 35.9 Å². The zero-order valence-corrected chi connectivity index (χ0v) is 16.5. The number of nitrogens with zero attached hydrogens (tertiary/aromatic N) is 2. The lowest BCUT2D eigenvalue weighted by Gasteiger charge is -2.34. The van der Waals surface area contributed by atoms with E-state index in [1.165, 1.54) is 31.5 Å². The molecule has 0 spiro atoms. The van der Waals surface area contributed by atoms with Gasteiger partial charge in [0, 0.05) is 25.6 Å². The number of aliphatic imine (C=N–C) groups is 1. The largest absolute Gasteiger partial charge is 0.356 e. The fourth-order valence-corrected chi connectivity index (χ4v) is 3.78. The molecule has 1 heterocycles. The molecule has 2 N–H and O–H groups in total. The van der Waals surface area contributed by atoms with Crippen molar-refractivity contribution in [3.63, 3.8) is 0 Å². The first-order chi connectivity index (χ1) is 12.1. The first-order valence-corrected chi connectivity index (χ1v) is 9.82. The van der Waals surface area contributed by atoms with Crippen LogP contribution >= 0.6 is 0 Å². The smallest absolute Gasteiger partial charge is 0.191 e. The zero-order chi connectivity index (χ0) is 18.1. The molecule has 0 atom stereocenters. The monoisotopic (exact) mass is 344 g/mol. The van der Waals surface area contributed by atoms with E-state index in [-0.39, 0.29) is 5.41 Å². The zero-order valence-electron chi connectivity index (χ0n) is 16.5. The maximum atomic E-state index is 4.44. The van der Waals surface area contributed by atoms with Crippen LogP contribution in [0.1, 0.15) is 45.1 Å². The van der Waals surface area contributed by atoms with Gasteiger partial charge in [0.1, 0.15) is 0 Å². The van der Waals surface area contributed by atoms with Gasteiger partial charge in [-0.25, -0.2) is 0 Å². The van der Waals surface area contributed by atoms with Crippen LogP contribution in [0.5, 0.6) is 0 Å². The number of rotatable bonds is 7. The van der Waals surface area contributed by atoms with Crippen LogP contribution < -0.4 is 10.6 Å². The molecular formula is C21H36N4. The van der Waals surface area contributed by atoms with Gasteiger partial charge in [0.15, 0.2) is 5.96 Å². The van der Waals surface area contributed by atoms with Gasteiger partial charge in [-0.05, 0) is 57.3 Å². The van der Waals surface area contributed by atoms with E-state index in [0.717, 1.165) is 37.8 Å². The molecule has 1 aromatic carbocycles. The fraction of sp³-hybridized carbons (Fsp3) is 0.667. The summed E-state index contributed by atoms with van der Waals surface area (Å²) < 4.78 is 0. The SMILES string of the molecule is CCC(CC)(CNC(=NC)NCC1CCN(C)CC1)c1ccccc1. The second-order valence-corrected chi connectivity index (χ2v) is 7.41. The minimum atomic E-state index is 0.159.